The first-order valence-corrected chi connectivity index (χ1v) is 11.3. The molecule has 2 aliphatic rings. The van der Waals surface area contributed by atoms with E-state index >= 15 is 0 Å². The molecule has 1 aromatic rings. The van der Waals surface area contributed by atoms with E-state index in [1.165, 1.54) is 23.2 Å². The molecule has 0 N–H and O–H groups in total. The van der Waals surface area contributed by atoms with Gasteiger partial charge in [0.2, 0.25) is 5.91 Å². The van der Waals surface area contributed by atoms with Gasteiger partial charge >= 0.3 is 0 Å². The van der Waals surface area contributed by atoms with E-state index < -0.39 is 10.0 Å². The predicted molar refractivity (Wildman–Crippen MR) is 99.5 cm³/mol. The van der Waals surface area contributed by atoms with Gasteiger partial charge in [-0.2, -0.15) is 4.31 Å². The van der Waals surface area contributed by atoms with Crippen LogP contribution in [0, 0.1) is 5.92 Å². The lowest BCUT2D eigenvalue weighted by molar-refractivity contribution is -0.133. The summed E-state index contributed by atoms with van der Waals surface area (Å²) in [5.41, 5.74) is 0. The molecule has 9 heteroatoms. The summed E-state index contributed by atoms with van der Waals surface area (Å²) in [4.78, 5) is 16.5. The van der Waals surface area contributed by atoms with Gasteiger partial charge in [0.25, 0.3) is 10.0 Å². The number of likely N-dealkylation sites (N-methyl/N-ethyl adjacent to an activating group) is 1. The van der Waals surface area contributed by atoms with Crippen LogP contribution < -0.4 is 0 Å². The molecule has 1 aliphatic heterocycles. The maximum atomic E-state index is 12.6. The van der Waals surface area contributed by atoms with E-state index in [1.807, 2.05) is 0 Å². The zero-order valence-electron chi connectivity index (χ0n) is 14.4. The molecule has 0 aromatic carbocycles. The first-order chi connectivity index (χ1) is 11.9. The van der Waals surface area contributed by atoms with Crippen LogP contribution in [0.25, 0.3) is 0 Å². The lowest BCUT2D eigenvalue weighted by Gasteiger charge is -2.34. The van der Waals surface area contributed by atoms with Crippen LogP contribution in [0.3, 0.4) is 0 Å². The number of carbonyl (C=O) groups excluding carboxylic acids is 1. The number of sulfonamides is 1. The van der Waals surface area contributed by atoms with Crippen molar-refractivity contribution in [3.8, 4) is 0 Å². The topological polar surface area (TPSA) is 60.9 Å². The first-order valence-electron chi connectivity index (χ1n) is 8.65. The number of rotatable bonds is 7. The van der Waals surface area contributed by atoms with Gasteiger partial charge in [-0.05, 0) is 37.4 Å². The van der Waals surface area contributed by atoms with Crippen LogP contribution in [0.1, 0.15) is 19.8 Å². The Bertz CT molecular complexity index is 710. The number of hydrogen-bond acceptors (Lipinski definition) is 5. The molecule has 1 saturated heterocycles. The SMILES string of the molecule is CCN(CC(=O)N1CCN(S(=O)(=O)c2ccc(Cl)s2)CC1)CC1CC1. The highest BCUT2D eigenvalue weighted by atomic mass is 35.5. The van der Waals surface area contributed by atoms with Gasteiger partial charge in [-0.15, -0.1) is 11.3 Å². The highest BCUT2D eigenvalue weighted by molar-refractivity contribution is 7.91. The van der Waals surface area contributed by atoms with Gasteiger partial charge in [0, 0.05) is 32.7 Å². The van der Waals surface area contributed by atoms with Crippen LogP contribution in [0.15, 0.2) is 16.3 Å². The molecule has 0 atom stereocenters. The number of thiophene rings is 1. The second kappa shape index (κ2) is 7.92. The van der Waals surface area contributed by atoms with Gasteiger partial charge in [-0.3, -0.25) is 9.69 Å². The minimum atomic E-state index is -3.51. The number of halogens is 1. The molecule has 2 fully saturated rings. The lowest BCUT2D eigenvalue weighted by atomic mass is 10.3. The van der Waals surface area contributed by atoms with Crippen LogP contribution in [-0.4, -0.2) is 74.2 Å². The van der Waals surface area contributed by atoms with Crippen molar-refractivity contribution in [2.75, 3.05) is 45.8 Å². The fourth-order valence-corrected chi connectivity index (χ4v) is 6.06. The van der Waals surface area contributed by atoms with Gasteiger partial charge < -0.3 is 4.90 Å². The minimum Gasteiger partial charge on any atom is -0.339 e. The summed E-state index contributed by atoms with van der Waals surface area (Å²) in [6.07, 6.45) is 2.54. The minimum absolute atomic E-state index is 0.0960. The van der Waals surface area contributed by atoms with Crippen LogP contribution in [0.4, 0.5) is 0 Å². The van der Waals surface area contributed by atoms with Gasteiger partial charge in [0.15, 0.2) is 0 Å². The van der Waals surface area contributed by atoms with E-state index in [2.05, 4.69) is 11.8 Å². The normalized spacial score (nSPS) is 19.6. The number of piperazine rings is 1. The summed E-state index contributed by atoms with van der Waals surface area (Å²) in [5, 5.41) is 0. The van der Waals surface area contributed by atoms with Crippen LogP contribution in [-0.2, 0) is 14.8 Å². The van der Waals surface area contributed by atoms with E-state index in [4.69, 9.17) is 11.6 Å². The number of nitrogens with zero attached hydrogens (tertiary/aromatic N) is 3. The van der Waals surface area contributed by atoms with Gasteiger partial charge in [-0.25, -0.2) is 8.42 Å². The van der Waals surface area contributed by atoms with Crippen molar-refractivity contribution in [2.45, 2.75) is 24.0 Å². The van der Waals surface area contributed by atoms with Crippen molar-refractivity contribution in [1.29, 1.82) is 0 Å². The van der Waals surface area contributed by atoms with Crippen molar-refractivity contribution in [1.82, 2.24) is 14.1 Å². The maximum Gasteiger partial charge on any atom is 0.252 e. The van der Waals surface area contributed by atoms with Crippen molar-refractivity contribution < 1.29 is 13.2 Å². The second-order valence-electron chi connectivity index (χ2n) is 6.61. The smallest absolute Gasteiger partial charge is 0.252 e. The average molecular weight is 406 g/mol. The Labute approximate surface area is 158 Å². The van der Waals surface area contributed by atoms with Crippen molar-refractivity contribution in [3.63, 3.8) is 0 Å². The first kappa shape index (κ1) is 19.1. The van der Waals surface area contributed by atoms with E-state index in [0.29, 0.717) is 37.1 Å². The third kappa shape index (κ3) is 4.74. The Morgan fingerprint density at radius 3 is 2.48 bits per heavy atom. The van der Waals surface area contributed by atoms with E-state index in [0.717, 1.165) is 30.3 Å². The molecule has 1 saturated carbocycles. The Morgan fingerprint density at radius 2 is 1.96 bits per heavy atom. The van der Waals surface area contributed by atoms with Crippen molar-refractivity contribution in [3.05, 3.63) is 16.5 Å². The number of carbonyl (C=O) groups is 1. The largest absolute Gasteiger partial charge is 0.339 e. The molecular weight excluding hydrogens is 382 g/mol. The third-order valence-electron chi connectivity index (χ3n) is 4.75. The molecule has 1 aliphatic carbocycles. The number of amides is 1. The molecule has 6 nitrogen and oxygen atoms in total. The molecule has 2 heterocycles. The molecule has 3 rings (SSSR count). The molecule has 0 bridgehead atoms. The summed E-state index contributed by atoms with van der Waals surface area (Å²) in [7, 11) is -3.51. The molecule has 0 radical (unpaired) electrons. The van der Waals surface area contributed by atoms with Crippen LogP contribution in [0.2, 0.25) is 4.34 Å². The summed E-state index contributed by atoms with van der Waals surface area (Å²) < 4.78 is 27.4. The number of hydrogen-bond donors (Lipinski definition) is 0. The quantitative estimate of drug-likeness (QED) is 0.695. The summed E-state index contributed by atoms with van der Waals surface area (Å²) >= 11 is 6.92. The van der Waals surface area contributed by atoms with E-state index in [-0.39, 0.29) is 10.1 Å². The zero-order chi connectivity index (χ0) is 18.0. The van der Waals surface area contributed by atoms with Gasteiger partial charge in [0.05, 0.1) is 10.9 Å². The summed E-state index contributed by atoms with van der Waals surface area (Å²) in [6.45, 7) is 5.92. The van der Waals surface area contributed by atoms with Gasteiger partial charge in [0.1, 0.15) is 4.21 Å². The highest BCUT2D eigenvalue weighted by Crippen LogP contribution is 2.30. The molecule has 0 unspecified atom stereocenters. The molecule has 140 valence electrons. The third-order valence-corrected chi connectivity index (χ3v) is 8.35. The average Bonchev–Trinajstić information content (AvgIpc) is 3.31. The van der Waals surface area contributed by atoms with Crippen molar-refractivity contribution in [2.24, 2.45) is 5.92 Å². The molecule has 1 amide bonds. The van der Waals surface area contributed by atoms with Crippen LogP contribution >= 0.6 is 22.9 Å². The van der Waals surface area contributed by atoms with Crippen molar-refractivity contribution >= 4 is 38.9 Å². The monoisotopic (exact) mass is 405 g/mol. The summed E-state index contributed by atoms with van der Waals surface area (Å²) in [6, 6.07) is 3.13. The molecule has 1 aromatic heterocycles. The van der Waals surface area contributed by atoms with Gasteiger partial charge in [-0.1, -0.05) is 18.5 Å². The predicted octanol–water partition coefficient (Wildman–Crippen LogP) is 1.97. The molecule has 25 heavy (non-hydrogen) atoms. The fraction of sp³-hybridized carbons (Fsp3) is 0.688. The van der Waals surface area contributed by atoms with E-state index in [1.54, 1.807) is 11.0 Å². The lowest BCUT2D eigenvalue weighted by Crippen LogP contribution is -2.52. The molecule has 0 spiro atoms. The standard InChI is InChI=1S/C16H24ClN3O3S2/c1-2-18(11-13-3-4-13)12-15(21)19-7-9-20(10-8-19)25(22,23)16-6-5-14(17)24-16/h5-6,13H,2-4,7-12H2,1H3. The summed E-state index contributed by atoms with van der Waals surface area (Å²) in [5.74, 6) is 0.853. The highest BCUT2D eigenvalue weighted by Gasteiger charge is 2.32. The van der Waals surface area contributed by atoms with E-state index in [9.17, 15) is 13.2 Å². The molecular formula is C16H24ClN3O3S2. The second-order valence-corrected chi connectivity index (χ2v) is 10.5. The Hall–Kier alpha value is -0.670. The zero-order valence-corrected chi connectivity index (χ0v) is 16.7. The van der Waals surface area contributed by atoms with Crippen LogP contribution in [0.5, 0.6) is 0 Å². The Morgan fingerprint density at radius 1 is 1.28 bits per heavy atom. The Kier molecular flexibility index (Phi) is 6.05. The Balaban J connectivity index is 1.53. The maximum absolute atomic E-state index is 12.6. The fourth-order valence-electron chi connectivity index (χ4n) is 3.00.